The Morgan fingerprint density at radius 1 is 1.40 bits per heavy atom. The van der Waals surface area contributed by atoms with Gasteiger partial charge >= 0.3 is 0 Å². The van der Waals surface area contributed by atoms with E-state index in [2.05, 4.69) is 5.32 Å². The van der Waals surface area contributed by atoms with Crippen LogP contribution in [0.15, 0.2) is 18.2 Å². The lowest BCUT2D eigenvalue weighted by atomic mass is 9.84. The second-order valence-electron chi connectivity index (χ2n) is 4.96. The van der Waals surface area contributed by atoms with Gasteiger partial charge in [0.2, 0.25) is 5.91 Å². The Morgan fingerprint density at radius 3 is 2.75 bits per heavy atom. The highest BCUT2D eigenvalue weighted by molar-refractivity contribution is 5.95. The second-order valence-corrected chi connectivity index (χ2v) is 4.96. The number of carbonyl (C=O) groups excluding carboxylic acids is 1. The fourth-order valence-electron chi connectivity index (χ4n) is 2.47. The number of nitro benzene ring substituents is 1. The molecule has 20 heavy (non-hydrogen) atoms. The van der Waals surface area contributed by atoms with E-state index in [-0.39, 0.29) is 23.6 Å². The number of anilines is 1. The van der Waals surface area contributed by atoms with Gasteiger partial charge in [-0.2, -0.15) is 0 Å². The fraction of sp³-hybridized carbons (Fsp3) is 0.462. The Hall–Kier alpha value is -2.02. The first-order valence-electron chi connectivity index (χ1n) is 6.49. The monoisotopic (exact) mass is 281 g/mol. The van der Waals surface area contributed by atoms with Crippen LogP contribution in [-0.4, -0.2) is 16.9 Å². The zero-order valence-electron chi connectivity index (χ0n) is 10.8. The van der Waals surface area contributed by atoms with Gasteiger partial charge in [0.25, 0.3) is 5.69 Å². The number of hydrogen-bond acceptors (Lipinski definition) is 4. The molecule has 0 aromatic heterocycles. The third-order valence-corrected chi connectivity index (χ3v) is 3.57. The van der Waals surface area contributed by atoms with Gasteiger partial charge in [-0.1, -0.05) is 12.8 Å². The molecule has 1 amide bonds. The van der Waals surface area contributed by atoms with Crippen molar-refractivity contribution in [2.24, 2.45) is 11.7 Å². The van der Waals surface area contributed by atoms with Gasteiger partial charge < -0.3 is 11.1 Å². The molecule has 1 aromatic carbocycles. The lowest BCUT2D eigenvalue weighted by Crippen LogP contribution is -2.40. The quantitative estimate of drug-likeness (QED) is 0.655. The van der Waals surface area contributed by atoms with Crippen molar-refractivity contribution in [2.75, 3.05) is 5.32 Å². The molecular formula is C13H16FN3O3. The minimum atomic E-state index is -0.723. The zero-order chi connectivity index (χ0) is 14.7. The van der Waals surface area contributed by atoms with Crippen LogP contribution in [0.2, 0.25) is 0 Å². The first-order valence-corrected chi connectivity index (χ1v) is 6.49. The molecule has 7 heteroatoms. The van der Waals surface area contributed by atoms with Crippen LogP contribution in [-0.2, 0) is 4.79 Å². The van der Waals surface area contributed by atoms with Gasteiger partial charge in [-0.3, -0.25) is 14.9 Å². The molecule has 1 saturated carbocycles. The highest BCUT2D eigenvalue weighted by Gasteiger charge is 2.29. The topological polar surface area (TPSA) is 98.3 Å². The number of rotatable bonds is 3. The lowest BCUT2D eigenvalue weighted by molar-refractivity contribution is -0.384. The molecule has 1 fully saturated rings. The number of halogens is 1. The molecule has 0 saturated heterocycles. The maximum atomic E-state index is 13.0. The fourth-order valence-corrected chi connectivity index (χ4v) is 2.47. The van der Waals surface area contributed by atoms with E-state index in [0.29, 0.717) is 6.42 Å². The molecule has 1 aromatic rings. The smallest absolute Gasteiger partial charge is 0.295 e. The summed E-state index contributed by atoms with van der Waals surface area (Å²) in [6.45, 7) is 0. The summed E-state index contributed by atoms with van der Waals surface area (Å²) in [5.41, 5.74) is 5.44. The summed E-state index contributed by atoms with van der Waals surface area (Å²) in [6, 6.07) is 2.82. The number of nitrogens with two attached hydrogens (primary N) is 1. The van der Waals surface area contributed by atoms with Crippen molar-refractivity contribution in [3.63, 3.8) is 0 Å². The van der Waals surface area contributed by atoms with Crippen LogP contribution >= 0.6 is 0 Å². The van der Waals surface area contributed by atoms with Crippen molar-refractivity contribution in [1.82, 2.24) is 0 Å². The van der Waals surface area contributed by atoms with Gasteiger partial charge in [0.05, 0.1) is 16.9 Å². The average molecular weight is 281 g/mol. The molecule has 0 radical (unpaired) electrons. The molecule has 0 bridgehead atoms. The van der Waals surface area contributed by atoms with E-state index < -0.39 is 16.4 Å². The largest absolute Gasteiger partial charge is 0.327 e. The summed E-state index contributed by atoms with van der Waals surface area (Å²) in [6.07, 6.45) is 3.34. The minimum absolute atomic E-state index is 0.000765. The van der Waals surface area contributed by atoms with E-state index in [1.165, 1.54) is 6.07 Å². The van der Waals surface area contributed by atoms with Gasteiger partial charge in [0, 0.05) is 6.04 Å². The van der Waals surface area contributed by atoms with Crippen LogP contribution in [0, 0.1) is 21.8 Å². The molecule has 1 aliphatic rings. The van der Waals surface area contributed by atoms with Gasteiger partial charge in [0.15, 0.2) is 0 Å². The van der Waals surface area contributed by atoms with Crippen molar-refractivity contribution >= 4 is 17.3 Å². The molecule has 2 atom stereocenters. The summed E-state index contributed by atoms with van der Waals surface area (Å²) < 4.78 is 13.0. The first kappa shape index (κ1) is 14.4. The van der Waals surface area contributed by atoms with Gasteiger partial charge in [-0.25, -0.2) is 4.39 Å². The number of nitrogens with zero attached hydrogens (tertiary/aromatic N) is 1. The normalized spacial score (nSPS) is 22.3. The Labute approximate surface area is 115 Å². The number of hydrogen-bond donors (Lipinski definition) is 2. The van der Waals surface area contributed by atoms with Gasteiger partial charge in [-0.15, -0.1) is 0 Å². The van der Waals surface area contributed by atoms with Gasteiger partial charge in [-0.05, 0) is 25.0 Å². The highest BCUT2D eigenvalue weighted by Crippen LogP contribution is 2.28. The van der Waals surface area contributed by atoms with E-state index in [1.54, 1.807) is 0 Å². The van der Waals surface area contributed by atoms with Crippen LogP contribution < -0.4 is 11.1 Å². The molecule has 1 aliphatic carbocycles. The summed E-state index contributed by atoms with van der Waals surface area (Å²) in [5.74, 6) is -1.41. The maximum absolute atomic E-state index is 13.0. The highest BCUT2D eigenvalue weighted by atomic mass is 19.1. The summed E-state index contributed by atoms with van der Waals surface area (Å²) in [4.78, 5) is 22.3. The number of nitro groups is 1. The summed E-state index contributed by atoms with van der Waals surface area (Å²) >= 11 is 0. The van der Waals surface area contributed by atoms with Crippen LogP contribution in [0.4, 0.5) is 15.8 Å². The third-order valence-electron chi connectivity index (χ3n) is 3.57. The Balaban J connectivity index is 2.17. The van der Waals surface area contributed by atoms with Crippen LogP contribution in [0.1, 0.15) is 25.7 Å². The molecule has 3 N–H and O–H groups in total. The SMILES string of the molecule is NC1CCCCC1C(=O)Nc1ccc(F)cc1[N+](=O)[O-]. The number of nitrogens with one attached hydrogen (secondary N) is 1. The molecule has 2 rings (SSSR count). The van der Waals surface area contributed by atoms with Crippen LogP contribution in [0.5, 0.6) is 0 Å². The van der Waals surface area contributed by atoms with E-state index in [1.807, 2.05) is 0 Å². The average Bonchev–Trinajstić information content (AvgIpc) is 2.41. The van der Waals surface area contributed by atoms with Crippen molar-refractivity contribution in [3.05, 3.63) is 34.1 Å². The number of amides is 1. The Bertz CT molecular complexity index is 536. The Morgan fingerprint density at radius 2 is 2.10 bits per heavy atom. The molecular weight excluding hydrogens is 265 g/mol. The third kappa shape index (κ3) is 3.11. The number of benzene rings is 1. The van der Waals surface area contributed by atoms with Crippen molar-refractivity contribution in [1.29, 1.82) is 0 Å². The van der Waals surface area contributed by atoms with Crippen molar-refractivity contribution in [3.8, 4) is 0 Å². The van der Waals surface area contributed by atoms with Crippen LogP contribution in [0.3, 0.4) is 0 Å². The standard InChI is InChI=1S/C13H16FN3O3/c14-8-5-6-11(12(7-8)17(19)20)16-13(18)9-3-1-2-4-10(9)15/h5-7,9-10H,1-4,15H2,(H,16,18). The number of carbonyl (C=O) groups is 1. The molecule has 2 unspecified atom stereocenters. The van der Waals surface area contributed by atoms with E-state index in [4.69, 9.17) is 5.73 Å². The Kier molecular flexibility index (Phi) is 4.29. The molecule has 0 aliphatic heterocycles. The second kappa shape index (κ2) is 5.96. The minimum Gasteiger partial charge on any atom is -0.327 e. The van der Waals surface area contributed by atoms with E-state index >= 15 is 0 Å². The summed E-state index contributed by atoms with van der Waals surface area (Å²) in [7, 11) is 0. The summed E-state index contributed by atoms with van der Waals surface area (Å²) in [5, 5.41) is 13.4. The van der Waals surface area contributed by atoms with Crippen molar-refractivity contribution < 1.29 is 14.1 Å². The predicted octanol–water partition coefficient (Wildman–Crippen LogP) is 2.19. The van der Waals surface area contributed by atoms with Gasteiger partial charge in [0.1, 0.15) is 11.5 Å². The molecule has 0 heterocycles. The zero-order valence-corrected chi connectivity index (χ0v) is 10.8. The molecule has 6 nitrogen and oxygen atoms in total. The van der Waals surface area contributed by atoms with E-state index in [9.17, 15) is 19.3 Å². The predicted molar refractivity (Wildman–Crippen MR) is 71.6 cm³/mol. The van der Waals surface area contributed by atoms with Crippen molar-refractivity contribution in [2.45, 2.75) is 31.7 Å². The van der Waals surface area contributed by atoms with Crippen LogP contribution in [0.25, 0.3) is 0 Å². The molecule has 108 valence electrons. The lowest BCUT2D eigenvalue weighted by Gasteiger charge is -2.27. The molecule has 0 spiro atoms. The first-order chi connectivity index (χ1) is 9.49. The maximum Gasteiger partial charge on any atom is 0.295 e. The van der Waals surface area contributed by atoms with E-state index in [0.717, 1.165) is 31.4 Å².